The maximum Gasteiger partial charge on any atom is 0.306 e. The van der Waals surface area contributed by atoms with Crippen LogP contribution in [0.15, 0.2) is 146 Å². The van der Waals surface area contributed by atoms with Crippen molar-refractivity contribution in [1.29, 1.82) is 0 Å². The van der Waals surface area contributed by atoms with Crippen LogP contribution in [0.5, 0.6) is 0 Å². The molecule has 1 heterocycles. The molecule has 0 bridgehead atoms. The summed E-state index contributed by atoms with van der Waals surface area (Å²) in [5, 5.41) is 57.0. The van der Waals surface area contributed by atoms with E-state index in [0.717, 1.165) is 135 Å². The highest BCUT2D eigenvalue weighted by atomic mass is 16.7. The van der Waals surface area contributed by atoms with Crippen molar-refractivity contribution >= 4 is 11.9 Å². The van der Waals surface area contributed by atoms with Crippen molar-refractivity contribution in [1.82, 2.24) is 5.32 Å². The van der Waals surface area contributed by atoms with Gasteiger partial charge in [-0.1, -0.05) is 256 Å². The Bertz CT molecular complexity index is 1910. The van der Waals surface area contributed by atoms with Gasteiger partial charge in [0, 0.05) is 6.42 Å². The third kappa shape index (κ3) is 45.6. The van der Waals surface area contributed by atoms with Gasteiger partial charge in [-0.3, -0.25) is 9.59 Å². The number of esters is 1. The maximum atomic E-state index is 13.4. The number of carbonyl (C=O) groups is 2. The van der Waals surface area contributed by atoms with Gasteiger partial charge in [-0.05, 0) is 116 Å². The van der Waals surface area contributed by atoms with Crippen LogP contribution in [0.25, 0.3) is 0 Å². The van der Waals surface area contributed by atoms with Crippen molar-refractivity contribution in [2.45, 2.75) is 282 Å². The molecule has 1 fully saturated rings. The quantitative estimate of drug-likeness (QED) is 0.0195. The lowest BCUT2D eigenvalue weighted by Gasteiger charge is -2.41. The molecule has 11 nitrogen and oxygen atoms in total. The zero-order valence-electron chi connectivity index (χ0n) is 52.0. The Morgan fingerprint density at radius 3 is 1.30 bits per heavy atom. The van der Waals surface area contributed by atoms with Crippen LogP contribution in [-0.4, -0.2) is 99.6 Å². The Morgan fingerprint density at radius 2 is 0.867 bits per heavy atom. The van der Waals surface area contributed by atoms with Crippen molar-refractivity contribution in [3.63, 3.8) is 0 Å². The molecule has 8 unspecified atom stereocenters. The maximum absolute atomic E-state index is 13.4. The van der Waals surface area contributed by atoms with Crippen LogP contribution in [0, 0.1) is 0 Å². The molecule has 0 aromatic carbocycles. The first kappa shape index (κ1) is 76.6. The van der Waals surface area contributed by atoms with Gasteiger partial charge in [0.2, 0.25) is 5.91 Å². The molecular weight excluding hydrogens is 1040 g/mol. The summed E-state index contributed by atoms with van der Waals surface area (Å²) in [6.45, 7) is 5.51. The number of hydrogen-bond donors (Lipinski definition) is 6. The minimum Gasteiger partial charge on any atom is -0.454 e. The fourth-order valence-corrected chi connectivity index (χ4v) is 9.16. The first-order chi connectivity index (χ1) is 40.7. The molecule has 6 N–H and O–H groups in total. The average Bonchev–Trinajstić information content (AvgIpc) is 3.58. The molecule has 0 aromatic rings. The van der Waals surface area contributed by atoms with Crippen molar-refractivity contribution in [2.75, 3.05) is 13.2 Å². The molecule has 1 aliphatic heterocycles. The molecular formula is C72H117NO10. The normalized spacial score (nSPS) is 19.5. The summed E-state index contributed by atoms with van der Waals surface area (Å²) in [7, 11) is 0. The predicted molar refractivity (Wildman–Crippen MR) is 347 cm³/mol. The van der Waals surface area contributed by atoms with Crippen molar-refractivity contribution in [2.24, 2.45) is 0 Å². The van der Waals surface area contributed by atoms with E-state index < -0.39 is 67.4 Å². The number of ether oxygens (including phenoxy) is 3. The highest BCUT2D eigenvalue weighted by Crippen LogP contribution is 2.26. The van der Waals surface area contributed by atoms with Gasteiger partial charge in [0.05, 0.1) is 25.4 Å². The lowest BCUT2D eigenvalue weighted by atomic mass is 9.99. The van der Waals surface area contributed by atoms with Gasteiger partial charge in [0.25, 0.3) is 0 Å². The zero-order chi connectivity index (χ0) is 60.3. The van der Waals surface area contributed by atoms with E-state index in [9.17, 15) is 35.1 Å². The summed E-state index contributed by atoms with van der Waals surface area (Å²) in [4.78, 5) is 26.6. The van der Waals surface area contributed by atoms with Crippen LogP contribution in [0.2, 0.25) is 0 Å². The number of rotatable bonds is 53. The van der Waals surface area contributed by atoms with Crippen molar-refractivity contribution < 1.29 is 49.3 Å². The van der Waals surface area contributed by atoms with E-state index in [-0.39, 0.29) is 19.4 Å². The molecule has 1 rings (SSSR count). The van der Waals surface area contributed by atoms with Gasteiger partial charge >= 0.3 is 5.97 Å². The number of amides is 1. The number of aliphatic hydroxyl groups is 5. The first-order valence-electron chi connectivity index (χ1n) is 32.6. The van der Waals surface area contributed by atoms with Crippen molar-refractivity contribution in [3.05, 3.63) is 146 Å². The summed E-state index contributed by atoms with van der Waals surface area (Å²) in [5.41, 5.74) is 0. The number of unbranched alkanes of at least 4 members (excludes halogenated alkanes) is 17. The molecule has 0 aromatic heterocycles. The van der Waals surface area contributed by atoms with Gasteiger partial charge in [-0.25, -0.2) is 0 Å². The van der Waals surface area contributed by atoms with E-state index in [1.807, 2.05) is 18.2 Å². The van der Waals surface area contributed by atoms with E-state index >= 15 is 0 Å². The van der Waals surface area contributed by atoms with Crippen LogP contribution < -0.4 is 5.32 Å². The third-order valence-corrected chi connectivity index (χ3v) is 14.2. The molecule has 1 amide bonds. The SMILES string of the molecule is CC/C=C\C/C=C\C/C=C\C/C=C\C/C=C\C/C=C\CCCCCCCCC(=O)OC1C(OCC(NC(=O)C(O)CC/C=C\C/C=C\C/C=C\C/C=C\C/C=C\CC)C(O)/C=C/CCCCCCCCCCCCC)OC(CO)C(O)C1O. The van der Waals surface area contributed by atoms with Gasteiger partial charge in [0.15, 0.2) is 12.4 Å². The number of carbonyl (C=O) groups excluding carboxylic acids is 2. The molecule has 0 aliphatic carbocycles. The lowest BCUT2D eigenvalue weighted by Crippen LogP contribution is -2.61. The number of nitrogens with one attached hydrogen (secondary N) is 1. The Balaban J connectivity index is 2.69. The van der Waals surface area contributed by atoms with E-state index in [2.05, 4.69) is 148 Å². The number of hydrogen-bond acceptors (Lipinski definition) is 10. The third-order valence-electron chi connectivity index (χ3n) is 14.2. The van der Waals surface area contributed by atoms with Crippen molar-refractivity contribution in [3.8, 4) is 0 Å². The van der Waals surface area contributed by atoms with E-state index in [1.165, 1.54) is 51.4 Å². The number of allylic oxidation sites excluding steroid dienone is 23. The Morgan fingerprint density at radius 1 is 0.482 bits per heavy atom. The largest absolute Gasteiger partial charge is 0.454 e. The smallest absolute Gasteiger partial charge is 0.306 e. The molecule has 1 aliphatic rings. The predicted octanol–water partition coefficient (Wildman–Crippen LogP) is 16.2. The fourth-order valence-electron chi connectivity index (χ4n) is 9.16. The number of aliphatic hydroxyl groups excluding tert-OH is 5. The second kappa shape index (κ2) is 57.9. The molecule has 0 saturated carbocycles. The van der Waals surface area contributed by atoms with Crippen LogP contribution in [0.3, 0.4) is 0 Å². The van der Waals surface area contributed by atoms with Crippen LogP contribution in [0.4, 0.5) is 0 Å². The van der Waals surface area contributed by atoms with Crippen LogP contribution >= 0.6 is 0 Å². The Hall–Kier alpha value is -4.46. The summed E-state index contributed by atoms with van der Waals surface area (Å²) < 4.78 is 17.6. The van der Waals surface area contributed by atoms with Gasteiger partial charge in [0.1, 0.15) is 24.4 Å². The average molecular weight is 1160 g/mol. The highest BCUT2D eigenvalue weighted by molar-refractivity contribution is 5.80. The van der Waals surface area contributed by atoms with Gasteiger partial charge in [-0.2, -0.15) is 0 Å². The van der Waals surface area contributed by atoms with Gasteiger partial charge in [-0.15, -0.1) is 0 Å². The minimum absolute atomic E-state index is 0.0901. The Labute approximate surface area is 505 Å². The molecule has 11 heteroatoms. The molecule has 470 valence electrons. The van der Waals surface area contributed by atoms with Crippen LogP contribution in [-0.2, 0) is 23.8 Å². The molecule has 1 saturated heterocycles. The fraction of sp³-hybridized carbons (Fsp3) is 0.639. The van der Waals surface area contributed by atoms with E-state index in [0.29, 0.717) is 12.8 Å². The first-order valence-corrected chi connectivity index (χ1v) is 32.6. The summed E-state index contributed by atoms with van der Waals surface area (Å²) >= 11 is 0. The minimum atomic E-state index is -1.64. The lowest BCUT2D eigenvalue weighted by molar-refractivity contribution is -0.305. The second-order valence-electron chi connectivity index (χ2n) is 21.7. The topological polar surface area (TPSA) is 175 Å². The summed E-state index contributed by atoms with van der Waals surface area (Å²) in [6.07, 6.45) is 73.2. The molecule has 0 radical (unpaired) electrons. The summed E-state index contributed by atoms with van der Waals surface area (Å²) in [6, 6.07) is -1.07. The molecule has 8 atom stereocenters. The standard InChI is InChI=1S/C72H117NO10/c1-4-7-10-13-16-19-22-25-27-29-30-31-32-33-34-35-36-37-39-42-45-48-51-54-57-60-67(77)83-70-69(79)68(78)66(61-74)82-72(70)81-62-63(64(75)58-55-52-49-46-43-40-24-21-18-15-12-9-6-3)73-71(80)65(76)59-56-53-50-47-44-41-38-28-26-23-20-17-14-11-8-5-2/h7-8,10-11,16-17,19-20,25-28,30-31,33-34,36-37,41,44,50,53,55,58,63-66,68-70,72,74-76,78-79H,4-6,9,12-15,18,21-24,29,32,35,38-40,42-43,45-49,51-52,54,56-57,59-62H2,1-3H3,(H,73,80)/b10-7-,11-8-,19-16-,20-17-,27-25-,28-26-,31-30-,34-33-,37-36-,44-41-,53-50-,58-55+. The van der Waals surface area contributed by atoms with E-state index in [1.54, 1.807) is 6.08 Å². The molecule has 83 heavy (non-hydrogen) atoms. The van der Waals surface area contributed by atoms with Gasteiger partial charge < -0.3 is 45.1 Å². The monoisotopic (exact) mass is 1160 g/mol. The summed E-state index contributed by atoms with van der Waals surface area (Å²) in [5.74, 6) is -1.28. The molecule has 0 spiro atoms. The Kier molecular flexibility index (Phi) is 53.4. The highest BCUT2D eigenvalue weighted by Gasteiger charge is 2.47. The zero-order valence-corrected chi connectivity index (χ0v) is 52.0. The van der Waals surface area contributed by atoms with E-state index in [4.69, 9.17) is 14.2 Å². The second-order valence-corrected chi connectivity index (χ2v) is 21.7. The van der Waals surface area contributed by atoms with Crippen LogP contribution in [0.1, 0.15) is 233 Å².